The van der Waals surface area contributed by atoms with Gasteiger partial charge in [-0.25, -0.2) is 0 Å². The Morgan fingerprint density at radius 1 is 1.35 bits per heavy atom. The van der Waals surface area contributed by atoms with Gasteiger partial charge in [0.05, 0.1) is 5.69 Å². The Labute approximate surface area is 114 Å². The Morgan fingerprint density at radius 3 is 2.88 bits per heavy atom. The van der Waals surface area contributed by atoms with Crippen molar-refractivity contribution in [3.05, 3.63) is 38.8 Å². The third-order valence-electron chi connectivity index (χ3n) is 2.39. The third kappa shape index (κ3) is 3.31. The van der Waals surface area contributed by atoms with Gasteiger partial charge in [-0.05, 0) is 17.9 Å². The van der Waals surface area contributed by atoms with Crippen molar-refractivity contribution in [3.63, 3.8) is 0 Å². The maximum Gasteiger partial charge on any atom is 0.175 e. The highest BCUT2D eigenvalue weighted by Crippen LogP contribution is 2.24. The van der Waals surface area contributed by atoms with Crippen molar-refractivity contribution in [2.24, 2.45) is 0 Å². The van der Waals surface area contributed by atoms with Gasteiger partial charge in [0.2, 0.25) is 0 Å². The van der Waals surface area contributed by atoms with E-state index < -0.39 is 0 Å². The first-order valence-electron chi connectivity index (χ1n) is 5.09. The van der Waals surface area contributed by atoms with Crippen LogP contribution in [-0.4, -0.2) is 23.8 Å². The molecule has 0 amide bonds. The molecule has 0 N–H and O–H groups in total. The van der Waals surface area contributed by atoms with Crippen LogP contribution < -0.4 is 4.90 Å². The van der Waals surface area contributed by atoms with Gasteiger partial charge in [-0.3, -0.25) is 0 Å². The standard InChI is InChI=1S/C11H11Cl2N3S/c1-16(5-4-8-3-2-6-17-8)9-7-10(12)14-15-11(9)13/h2-3,6-7H,4-5H2,1H3. The van der Waals surface area contributed by atoms with E-state index >= 15 is 0 Å². The number of likely N-dealkylation sites (N-methyl/N-ethyl adjacent to an activating group) is 1. The third-order valence-corrected chi connectivity index (χ3v) is 3.78. The Bertz CT molecular complexity index is 487. The van der Waals surface area contributed by atoms with Crippen LogP contribution in [0.2, 0.25) is 10.3 Å². The molecule has 2 aromatic rings. The number of hydrogen-bond donors (Lipinski definition) is 0. The topological polar surface area (TPSA) is 29.0 Å². The molecule has 2 rings (SSSR count). The average molecular weight is 288 g/mol. The highest BCUT2D eigenvalue weighted by molar-refractivity contribution is 7.09. The number of rotatable bonds is 4. The monoisotopic (exact) mass is 287 g/mol. The minimum absolute atomic E-state index is 0.354. The number of anilines is 1. The van der Waals surface area contributed by atoms with E-state index in [0.29, 0.717) is 10.3 Å². The van der Waals surface area contributed by atoms with E-state index in [2.05, 4.69) is 27.7 Å². The Hall–Kier alpha value is -0.840. The molecule has 6 heteroatoms. The highest BCUT2D eigenvalue weighted by atomic mass is 35.5. The van der Waals surface area contributed by atoms with Gasteiger partial charge in [0, 0.05) is 24.5 Å². The SMILES string of the molecule is CN(CCc1cccs1)c1cc(Cl)nnc1Cl. The second-order valence-corrected chi connectivity index (χ2v) is 5.37. The summed E-state index contributed by atoms with van der Waals surface area (Å²) in [5.41, 5.74) is 0.809. The zero-order valence-corrected chi connectivity index (χ0v) is 11.6. The summed E-state index contributed by atoms with van der Waals surface area (Å²) in [6.45, 7) is 0.863. The van der Waals surface area contributed by atoms with Crippen LogP contribution in [-0.2, 0) is 6.42 Å². The predicted molar refractivity (Wildman–Crippen MR) is 73.3 cm³/mol. The van der Waals surface area contributed by atoms with Gasteiger partial charge in [0.1, 0.15) is 0 Å². The Kier molecular flexibility index (Phi) is 4.20. The fourth-order valence-corrected chi connectivity index (χ4v) is 2.54. The van der Waals surface area contributed by atoms with Crippen LogP contribution >= 0.6 is 34.5 Å². The highest BCUT2D eigenvalue weighted by Gasteiger charge is 2.09. The molecule has 0 aliphatic carbocycles. The van der Waals surface area contributed by atoms with E-state index in [1.54, 1.807) is 17.4 Å². The number of thiophene rings is 1. The van der Waals surface area contributed by atoms with Gasteiger partial charge in [0.15, 0.2) is 10.3 Å². The van der Waals surface area contributed by atoms with Crippen molar-refractivity contribution in [2.45, 2.75) is 6.42 Å². The van der Waals surface area contributed by atoms with Crippen molar-refractivity contribution in [1.82, 2.24) is 10.2 Å². The first-order chi connectivity index (χ1) is 8.16. The second kappa shape index (κ2) is 5.67. The molecule has 0 fully saturated rings. The van der Waals surface area contributed by atoms with Crippen LogP contribution in [0.25, 0.3) is 0 Å². The normalized spacial score (nSPS) is 10.5. The summed E-state index contributed by atoms with van der Waals surface area (Å²) in [5.74, 6) is 0. The van der Waals surface area contributed by atoms with Crippen molar-refractivity contribution in [2.75, 3.05) is 18.5 Å². The van der Waals surface area contributed by atoms with Crippen molar-refractivity contribution in [3.8, 4) is 0 Å². The molecule has 0 saturated heterocycles. The van der Waals surface area contributed by atoms with E-state index in [0.717, 1.165) is 18.7 Å². The summed E-state index contributed by atoms with van der Waals surface area (Å²) >= 11 is 13.5. The molecule has 0 saturated carbocycles. The largest absolute Gasteiger partial charge is 0.372 e. The average Bonchev–Trinajstić information content (AvgIpc) is 2.82. The summed E-state index contributed by atoms with van der Waals surface area (Å²) < 4.78 is 0. The van der Waals surface area contributed by atoms with E-state index in [9.17, 15) is 0 Å². The van der Waals surface area contributed by atoms with Gasteiger partial charge >= 0.3 is 0 Å². The molecule has 0 aliphatic heterocycles. The number of hydrogen-bond acceptors (Lipinski definition) is 4. The second-order valence-electron chi connectivity index (χ2n) is 3.59. The van der Waals surface area contributed by atoms with Crippen LogP contribution in [0, 0.1) is 0 Å². The van der Waals surface area contributed by atoms with E-state index in [1.807, 2.05) is 11.9 Å². The molecule has 17 heavy (non-hydrogen) atoms. The summed E-state index contributed by atoms with van der Waals surface area (Å²) in [6.07, 6.45) is 0.977. The number of nitrogens with zero attached hydrogens (tertiary/aromatic N) is 3. The maximum atomic E-state index is 5.98. The molecule has 3 nitrogen and oxygen atoms in total. The molecular formula is C11H11Cl2N3S. The molecule has 0 unspecified atom stereocenters. The zero-order valence-electron chi connectivity index (χ0n) is 9.23. The molecule has 2 heterocycles. The van der Waals surface area contributed by atoms with Gasteiger partial charge in [-0.1, -0.05) is 29.3 Å². The number of aromatic nitrogens is 2. The lowest BCUT2D eigenvalue weighted by atomic mass is 10.3. The first-order valence-corrected chi connectivity index (χ1v) is 6.72. The quantitative estimate of drug-likeness (QED) is 0.862. The summed E-state index contributed by atoms with van der Waals surface area (Å²) in [4.78, 5) is 3.38. The molecule has 0 bridgehead atoms. The van der Waals surface area contributed by atoms with Gasteiger partial charge in [-0.15, -0.1) is 21.5 Å². The first kappa shape index (κ1) is 12.6. The molecule has 0 aromatic carbocycles. The molecule has 2 aromatic heterocycles. The minimum atomic E-state index is 0.354. The fourth-order valence-electron chi connectivity index (χ4n) is 1.46. The van der Waals surface area contributed by atoms with E-state index in [-0.39, 0.29) is 0 Å². The molecule has 0 radical (unpaired) electrons. The molecule has 90 valence electrons. The van der Waals surface area contributed by atoms with Crippen LogP contribution in [0.15, 0.2) is 23.6 Å². The summed E-state index contributed by atoms with van der Waals surface area (Å²) in [7, 11) is 1.97. The zero-order chi connectivity index (χ0) is 12.3. The molecule has 0 aliphatic rings. The minimum Gasteiger partial charge on any atom is -0.372 e. The smallest absolute Gasteiger partial charge is 0.175 e. The van der Waals surface area contributed by atoms with Gasteiger partial charge in [0.25, 0.3) is 0 Å². The summed E-state index contributed by atoms with van der Waals surface area (Å²) in [5, 5.41) is 10.3. The van der Waals surface area contributed by atoms with E-state index in [1.165, 1.54) is 4.88 Å². The van der Waals surface area contributed by atoms with Crippen molar-refractivity contribution in [1.29, 1.82) is 0 Å². The lowest BCUT2D eigenvalue weighted by Crippen LogP contribution is -2.20. The summed E-state index contributed by atoms with van der Waals surface area (Å²) in [6, 6.07) is 5.90. The fraction of sp³-hybridized carbons (Fsp3) is 0.273. The van der Waals surface area contributed by atoms with Crippen molar-refractivity contribution >= 4 is 40.2 Å². The molecular weight excluding hydrogens is 277 g/mol. The maximum absolute atomic E-state index is 5.98. The lowest BCUT2D eigenvalue weighted by molar-refractivity contribution is 0.875. The van der Waals surface area contributed by atoms with Crippen molar-refractivity contribution < 1.29 is 0 Å². The van der Waals surface area contributed by atoms with Crippen LogP contribution in [0.5, 0.6) is 0 Å². The molecule has 0 spiro atoms. The Morgan fingerprint density at radius 2 is 2.18 bits per heavy atom. The van der Waals surface area contributed by atoms with Crippen LogP contribution in [0.3, 0.4) is 0 Å². The lowest BCUT2D eigenvalue weighted by Gasteiger charge is -2.19. The van der Waals surface area contributed by atoms with Crippen LogP contribution in [0.4, 0.5) is 5.69 Å². The van der Waals surface area contributed by atoms with Crippen LogP contribution in [0.1, 0.15) is 4.88 Å². The van der Waals surface area contributed by atoms with Gasteiger partial charge < -0.3 is 4.90 Å². The Balaban J connectivity index is 2.04. The van der Waals surface area contributed by atoms with Gasteiger partial charge in [-0.2, -0.15) is 0 Å². The molecule has 0 atom stereocenters. The number of halogens is 2. The van der Waals surface area contributed by atoms with E-state index in [4.69, 9.17) is 23.2 Å². The predicted octanol–water partition coefficient (Wildman–Crippen LogP) is 3.52.